The molecule has 0 atom stereocenters. The minimum Gasteiger partial charge on any atom is -0.359 e. The molecule has 28 heavy (non-hydrogen) atoms. The number of hydrogen-bond acceptors (Lipinski definition) is 2. The summed E-state index contributed by atoms with van der Waals surface area (Å²) < 4.78 is 2.51. The molecule has 0 spiro atoms. The van der Waals surface area contributed by atoms with E-state index in [0.29, 0.717) is 0 Å². The largest absolute Gasteiger partial charge is 0.423 e. The number of rotatable bonds is 0. The molecule has 0 amide bonds. The topological polar surface area (TPSA) is 21.1 Å². The van der Waals surface area contributed by atoms with Crippen LogP contribution < -0.4 is 10.3 Å². The van der Waals surface area contributed by atoms with Gasteiger partial charge in [-0.2, -0.15) is 0 Å². The molecule has 7 rings (SSSR count). The van der Waals surface area contributed by atoms with Crippen molar-refractivity contribution in [1.29, 1.82) is 0 Å². The average molecular weight is 357 g/mol. The van der Waals surface area contributed by atoms with E-state index in [1.807, 2.05) is 6.20 Å². The lowest BCUT2D eigenvalue weighted by Gasteiger charge is -2.34. The van der Waals surface area contributed by atoms with Gasteiger partial charge < -0.3 is 9.29 Å². The molecule has 0 radical (unpaired) electrons. The molecule has 130 valence electrons. The fourth-order valence-electron chi connectivity index (χ4n) is 5.16. The molecule has 0 N–H and O–H groups in total. The number of aryl methyl sites for hydroxylation is 1. The van der Waals surface area contributed by atoms with E-state index in [4.69, 9.17) is 4.98 Å². The van der Waals surface area contributed by atoms with Gasteiger partial charge in [0.25, 0.3) is 0 Å². The van der Waals surface area contributed by atoms with Crippen molar-refractivity contribution in [3.8, 4) is 11.3 Å². The molecule has 0 saturated heterocycles. The predicted molar refractivity (Wildman–Crippen MR) is 117 cm³/mol. The van der Waals surface area contributed by atoms with Crippen LogP contribution in [0.5, 0.6) is 0 Å². The van der Waals surface area contributed by atoms with E-state index in [1.54, 1.807) is 0 Å². The zero-order valence-electron chi connectivity index (χ0n) is 15.4. The molecular weight excluding hydrogens is 341 g/mol. The van der Waals surface area contributed by atoms with E-state index >= 15 is 0 Å². The van der Waals surface area contributed by atoms with Gasteiger partial charge >= 0.3 is 6.98 Å². The molecule has 4 heteroatoms. The minimum atomic E-state index is 0.0952. The second kappa shape index (κ2) is 4.84. The Morgan fingerprint density at radius 3 is 2.68 bits per heavy atom. The second-order valence-electron chi connectivity index (χ2n) is 7.77. The third kappa shape index (κ3) is 1.56. The Morgan fingerprint density at radius 2 is 1.71 bits per heavy atom. The quantitative estimate of drug-likeness (QED) is 0.369. The van der Waals surface area contributed by atoms with Crippen LogP contribution in [0.4, 0.5) is 11.4 Å². The van der Waals surface area contributed by atoms with Crippen LogP contribution in [0, 0.1) is 6.92 Å². The molecule has 0 aliphatic carbocycles. The first kappa shape index (κ1) is 14.5. The molecule has 0 fully saturated rings. The maximum atomic E-state index is 4.80. The van der Waals surface area contributed by atoms with Crippen molar-refractivity contribution in [3.63, 3.8) is 0 Å². The third-order valence-corrected chi connectivity index (χ3v) is 6.24. The third-order valence-electron chi connectivity index (χ3n) is 6.24. The van der Waals surface area contributed by atoms with Gasteiger partial charge in [-0.1, -0.05) is 48.5 Å². The van der Waals surface area contributed by atoms with Crippen LogP contribution in [0.1, 0.15) is 5.56 Å². The van der Waals surface area contributed by atoms with Gasteiger partial charge in [0.1, 0.15) is 0 Å². The molecule has 0 unspecified atom stereocenters. The maximum absolute atomic E-state index is 4.80. The van der Waals surface area contributed by atoms with E-state index < -0.39 is 0 Å². The van der Waals surface area contributed by atoms with Crippen molar-refractivity contribution in [2.75, 3.05) is 4.81 Å². The Morgan fingerprint density at radius 1 is 0.821 bits per heavy atom. The molecule has 4 heterocycles. The Hall–Kier alpha value is -3.53. The molecule has 0 bridgehead atoms. The number of nitrogens with zero attached hydrogens (tertiary/aromatic N) is 3. The lowest BCUT2D eigenvalue weighted by Crippen LogP contribution is -2.51. The summed E-state index contributed by atoms with van der Waals surface area (Å²) in [5, 5.41) is 2.64. The van der Waals surface area contributed by atoms with Crippen LogP contribution in [0.25, 0.3) is 33.1 Å². The predicted octanol–water partition coefficient (Wildman–Crippen LogP) is 4.87. The van der Waals surface area contributed by atoms with E-state index in [9.17, 15) is 0 Å². The average Bonchev–Trinajstić information content (AvgIpc) is 3.26. The van der Waals surface area contributed by atoms with Crippen LogP contribution >= 0.6 is 0 Å². The van der Waals surface area contributed by atoms with Crippen molar-refractivity contribution in [3.05, 3.63) is 84.6 Å². The van der Waals surface area contributed by atoms with Crippen LogP contribution in [0.15, 0.2) is 79.0 Å². The van der Waals surface area contributed by atoms with Crippen molar-refractivity contribution in [2.24, 2.45) is 0 Å². The summed E-state index contributed by atoms with van der Waals surface area (Å²) in [7, 11) is 0. The summed E-state index contributed by atoms with van der Waals surface area (Å²) >= 11 is 0. The molecule has 5 aromatic rings. The van der Waals surface area contributed by atoms with Crippen LogP contribution in [0.2, 0.25) is 0 Å². The zero-order valence-corrected chi connectivity index (χ0v) is 15.4. The van der Waals surface area contributed by atoms with Gasteiger partial charge in [0.05, 0.1) is 16.9 Å². The highest BCUT2D eigenvalue weighted by atomic mass is 15.2. The highest BCUT2D eigenvalue weighted by Gasteiger charge is 2.45. The summed E-state index contributed by atoms with van der Waals surface area (Å²) in [6.45, 7) is 2.26. The standard InChI is InChI=1S/C24H16BN3/c1-15-11-12-18-22(14-15)27-21-10-4-7-17-16-6-2-3-9-20(16)28(24(17)21)25(27)19-8-5-13-26-23(18)19/h2-14H,1H3. The Bertz CT molecular complexity index is 1450. The number of benzene rings is 3. The molecule has 2 aliphatic heterocycles. The van der Waals surface area contributed by atoms with Gasteiger partial charge in [-0.25, -0.2) is 0 Å². The maximum Gasteiger partial charge on any atom is 0.423 e. The Balaban J connectivity index is 1.70. The van der Waals surface area contributed by atoms with Crippen LogP contribution in [-0.2, 0) is 0 Å². The SMILES string of the molecule is Cc1ccc2c(c1)N1B(c3cccnc3-2)n2c3ccccc3c3cccc1c32. The molecule has 2 aliphatic rings. The molecule has 3 aromatic carbocycles. The number of hydrogen-bond donors (Lipinski definition) is 0. The lowest BCUT2D eigenvalue weighted by molar-refractivity contribution is 1.26. The normalized spacial score (nSPS) is 13.8. The highest BCUT2D eigenvalue weighted by Crippen LogP contribution is 2.48. The Labute approximate surface area is 163 Å². The number of anilines is 2. The van der Waals surface area contributed by atoms with Crippen molar-refractivity contribution in [1.82, 2.24) is 9.46 Å². The van der Waals surface area contributed by atoms with Gasteiger partial charge in [-0.3, -0.25) is 4.98 Å². The van der Waals surface area contributed by atoms with Gasteiger partial charge in [-0.05, 0) is 42.2 Å². The second-order valence-corrected chi connectivity index (χ2v) is 7.77. The van der Waals surface area contributed by atoms with Crippen molar-refractivity contribution >= 4 is 45.6 Å². The van der Waals surface area contributed by atoms with Gasteiger partial charge in [0.15, 0.2) is 0 Å². The van der Waals surface area contributed by atoms with E-state index in [2.05, 4.69) is 89.0 Å². The van der Waals surface area contributed by atoms with Crippen LogP contribution in [0.3, 0.4) is 0 Å². The minimum absolute atomic E-state index is 0.0952. The van der Waals surface area contributed by atoms with Gasteiger partial charge in [-0.15, -0.1) is 0 Å². The van der Waals surface area contributed by atoms with Crippen LogP contribution in [-0.4, -0.2) is 16.4 Å². The van der Waals surface area contributed by atoms with Gasteiger partial charge in [0.2, 0.25) is 0 Å². The van der Waals surface area contributed by atoms with E-state index in [1.165, 1.54) is 49.8 Å². The highest BCUT2D eigenvalue weighted by molar-refractivity contribution is 6.82. The summed E-state index contributed by atoms with van der Waals surface area (Å²) in [5.74, 6) is 0. The number of para-hydroxylation sites is 2. The first-order valence-corrected chi connectivity index (χ1v) is 9.70. The first-order valence-electron chi connectivity index (χ1n) is 9.70. The van der Waals surface area contributed by atoms with Crippen molar-refractivity contribution in [2.45, 2.75) is 6.92 Å². The number of pyridine rings is 1. The molecule has 0 saturated carbocycles. The summed E-state index contributed by atoms with van der Waals surface area (Å²) in [6, 6.07) is 26.4. The molecule has 2 aromatic heterocycles. The summed E-state index contributed by atoms with van der Waals surface area (Å²) in [6.07, 6.45) is 1.91. The first-order chi connectivity index (χ1) is 13.8. The van der Waals surface area contributed by atoms with E-state index in [0.717, 1.165) is 5.69 Å². The molecular formula is C24H16BN3. The number of fused-ring (bicyclic) bond motifs is 11. The van der Waals surface area contributed by atoms with E-state index in [-0.39, 0.29) is 6.98 Å². The number of aromatic nitrogens is 2. The molecule has 3 nitrogen and oxygen atoms in total. The van der Waals surface area contributed by atoms with Crippen molar-refractivity contribution < 1.29 is 0 Å². The summed E-state index contributed by atoms with van der Waals surface area (Å²) in [4.78, 5) is 7.30. The lowest BCUT2D eigenvalue weighted by atomic mass is 9.61. The smallest absolute Gasteiger partial charge is 0.359 e. The van der Waals surface area contributed by atoms with Gasteiger partial charge in [0, 0.05) is 33.7 Å². The monoisotopic (exact) mass is 357 g/mol. The zero-order chi connectivity index (χ0) is 18.4. The Kier molecular flexibility index (Phi) is 2.51. The fraction of sp³-hybridized carbons (Fsp3) is 0.0417. The summed E-state index contributed by atoms with van der Waals surface area (Å²) in [5.41, 5.74) is 9.96. The fourth-order valence-corrected chi connectivity index (χ4v) is 5.16.